The molecular formula is C18H14F3NO5S. The molecule has 0 unspecified atom stereocenters. The van der Waals surface area contributed by atoms with Gasteiger partial charge in [0.05, 0.1) is 10.5 Å². The van der Waals surface area contributed by atoms with Crippen LogP contribution in [0, 0.1) is 6.92 Å². The summed E-state index contributed by atoms with van der Waals surface area (Å²) < 4.78 is 79.9. The monoisotopic (exact) mass is 413 g/mol. The van der Waals surface area contributed by atoms with Crippen molar-refractivity contribution in [2.45, 2.75) is 24.6 Å². The van der Waals surface area contributed by atoms with E-state index in [0.29, 0.717) is 22.8 Å². The van der Waals surface area contributed by atoms with Gasteiger partial charge in [0.2, 0.25) is 5.89 Å². The third kappa shape index (κ3) is 4.52. The Morgan fingerprint density at radius 3 is 2.21 bits per heavy atom. The molecule has 0 radical (unpaired) electrons. The first-order valence-corrected chi connectivity index (χ1v) is 9.32. The molecule has 0 amide bonds. The molecule has 148 valence electrons. The fourth-order valence-electron chi connectivity index (χ4n) is 2.35. The zero-order valence-electron chi connectivity index (χ0n) is 14.4. The molecule has 0 saturated heterocycles. The Bertz CT molecular complexity index is 1070. The van der Waals surface area contributed by atoms with E-state index >= 15 is 0 Å². The minimum Gasteiger partial charge on any atom is -0.487 e. The number of nitrogens with zero attached hydrogens (tertiary/aromatic N) is 1. The van der Waals surface area contributed by atoms with Gasteiger partial charge in [0.1, 0.15) is 23.8 Å². The number of rotatable bonds is 5. The number of halogens is 3. The number of aryl methyl sites for hydroxylation is 1. The molecular weight excluding hydrogens is 399 g/mol. The highest BCUT2D eigenvalue weighted by Crippen LogP contribution is 2.31. The van der Waals surface area contributed by atoms with Crippen LogP contribution in [0.3, 0.4) is 0 Å². The second-order valence-electron chi connectivity index (χ2n) is 5.83. The molecule has 2 aromatic carbocycles. The summed E-state index contributed by atoms with van der Waals surface area (Å²) in [4.78, 5) is 3.97. The Kier molecular flexibility index (Phi) is 5.18. The van der Waals surface area contributed by atoms with Crippen molar-refractivity contribution < 1.29 is 35.3 Å². The Hall–Kier alpha value is -2.85. The van der Waals surface area contributed by atoms with Gasteiger partial charge < -0.3 is 9.15 Å². The van der Waals surface area contributed by atoms with E-state index in [0.717, 1.165) is 12.1 Å². The molecule has 6 nitrogen and oxygen atoms in total. The number of ether oxygens (including phenoxy) is 1. The van der Waals surface area contributed by atoms with Crippen molar-refractivity contribution in [1.82, 2.24) is 4.98 Å². The average Bonchev–Trinajstić information content (AvgIpc) is 3.00. The van der Waals surface area contributed by atoms with E-state index < -0.39 is 21.9 Å². The van der Waals surface area contributed by atoms with E-state index in [-0.39, 0.29) is 17.4 Å². The molecule has 0 spiro atoms. The van der Waals surface area contributed by atoms with Crippen LogP contribution in [0.15, 0.2) is 57.8 Å². The Labute approximate surface area is 158 Å². The van der Waals surface area contributed by atoms with E-state index in [1.54, 1.807) is 6.92 Å². The molecule has 0 bridgehead atoms. The van der Waals surface area contributed by atoms with Crippen LogP contribution in [-0.4, -0.2) is 18.0 Å². The number of aromatic nitrogens is 1. The quantitative estimate of drug-likeness (QED) is 0.620. The predicted molar refractivity (Wildman–Crippen MR) is 92.3 cm³/mol. The van der Waals surface area contributed by atoms with Crippen LogP contribution >= 0.6 is 0 Å². The van der Waals surface area contributed by atoms with Gasteiger partial charge in [-0.25, -0.2) is 4.98 Å². The van der Waals surface area contributed by atoms with Crippen LogP contribution in [0.2, 0.25) is 0 Å². The lowest BCUT2D eigenvalue weighted by molar-refractivity contribution is -0.137. The Morgan fingerprint density at radius 1 is 1.07 bits per heavy atom. The van der Waals surface area contributed by atoms with Crippen molar-refractivity contribution in [3.63, 3.8) is 0 Å². The Morgan fingerprint density at radius 2 is 1.68 bits per heavy atom. The third-order valence-electron chi connectivity index (χ3n) is 3.85. The second-order valence-corrected chi connectivity index (χ2v) is 7.25. The highest BCUT2D eigenvalue weighted by Gasteiger charge is 2.30. The van der Waals surface area contributed by atoms with Crippen molar-refractivity contribution in [2.75, 3.05) is 0 Å². The standard InChI is InChI=1S/C18H14F3NO5S/c1-11-16(10-26-14-6-8-15(9-7-14)28(23,24)25)22-17(27-11)12-2-4-13(5-3-12)18(19,20)21/h2-9H,10H2,1H3,(H,23,24,25). The third-order valence-corrected chi connectivity index (χ3v) is 4.72. The van der Waals surface area contributed by atoms with Gasteiger partial charge in [-0.1, -0.05) is 0 Å². The fraction of sp³-hybridized carbons (Fsp3) is 0.167. The fourth-order valence-corrected chi connectivity index (χ4v) is 2.83. The van der Waals surface area contributed by atoms with Crippen molar-refractivity contribution in [3.05, 3.63) is 65.5 Å². The summed E-state index contributed by atoms with van der Waals surface area (Å²) in [6.07, 6.45) is -4.42. The first-order chi connectivity index (χ1) is 13.0. The topological polar surface area (TPSA) is 89.6 Å². The number of alkyl halides is 3. The lowest BCUT2D eigenvalue weighted by Gasteiger charge is -2.06. The van der Waals surface area contributed by atoms with Gasteiger partial charge in [-0.3, -0.25) is 4.55 Å². The number of benzene rings is 2. The molecule has 1 N–H and O–H groups in total. The van der Waals surface area contributed by atoms with E-state index in [2.05, 4.69) is 4.98 Å². The first kappa shape index (κ1) is 19.9. The summed E-state index contributed by atoms with van der Waals surface area (Å²) in [6.45, 7) is 1.64. The second kappa shape index (κ2) is 7.28. The number of hydrogen-bond donors (Lipinski definition) is 1. The van der Waals surface area contributed by atoms with Crippen LogP contribution in [0.25, 0.3) is 11.5 Å². The van der Waals surface area contributed by atoms with Gasteiger partial charge in [0.25, 0.3) is 10.1 Å². The van der Waals surface area contributed by atoms with Gasteiger partial charge in [0.15, 0.2) is 0 Å². The highest BCUT2D eigenvalue weighted by molar-refractivity contribution is 7.85. The summed E-state index contributed by atoms with van der Waals surface area (Å²) >= 11 is 0. The summed E-state index contributed by atoms with van der Waals surface area (Å²) in [5.74, 6) is 0.932. The minimum atomic E-state index is -4.42. The first-order valence-electron chi connectivity index (χ1n) is 7.88. The summed E-state index contributed by atoms with van der Waals surface area (Å²) in [5.41, 5.74) is 0.0602. The van der Waals surface area contributed by atoms with Crippen molar-refractivity contribution in [3.8, 4) is 17.2 Å². The molecule has 1 heterocycles. The normalized spacial score (nSPS) is 12.2. The maximum absolute atomic E-state index is 12.6. The molecule has 28 heavy (non-hydrogen) atoms. The highest BCUT2D eigenvalue weighted by atomic mass is 32.2. The van der Waals surface area contributed by atoms with Crippen molar-refractivity contribution in [2.24, 2.45) is 0 Å². The van der Waals surface area contributed by atoms with Crippen LogP contribution < -0.4 is 4.74 Å². The van der Waals surface area contributed by atoms with Crippen LogP contribution in [-0.2, 0) is 22.9 Å². The van der Waals surface area contributed by atoms with Crippen molar-refractivity contribution in [1.29, 1.82) is 0 Å². The molecule has 0 aliphatic carbocycles. The molecule has 0 atom stereocenters. The van der Waals surface area contributed by atoms with E-state index in [1.807, 2.05) is 0 Å². The molecule has 0 saturated carbocycles. The predicted octanol–water partition coefficient (Wildman–Crippen LogP) is 4.49. The minimum absolute atomic E-state index is 0.00118. The molecule has 3 aromatic rings. The zero-order valence-corrected chi connectivity index (χ0v) is 15.2. The SMILES string of the molecule is Cc1oc(-c2ccc(C(F)(F)F)cc2)nc1COc1ccc(S(=O)(=O)O)cc1. The van der Waals surface area contributed by atoms with Gasteiger partial charge in [-0.15, -0.1) is 0 Å². The van der Waals surface area contributed by atoms with Crippen LogP contribution in [0.1, 0.15) is 17.0 Å². The smallest absolute Gasteiger partial charge is 0.416 e. The van der Waals surface area contributed by atoms with E-state index in [1.165, 1.54) is 36.4 Å². The van der Waals surface area contributed by atoms with Gasteiger partial charge in [-0.05, 0) is 55.5 Å². The molecule has 0 fully saturated rings. The lowest BCUT2D eigenvalue weighted by Crippen LogP contribution is -2.04. The maximum atomic E-state index is 12.6. The number of oxazole rings is 1. The largest absolute Gasteiger partial charge is 0.487 e. The van der Waals surface area contributed by atoms with Crippen LogP contribution in [0.5, 0.6) is 5.75 Å². The van der Waals surface area contributed by atoms with Gasteiger partial charge in [0, 0.05) is 5.56 Å². The summed E-state index contributed by atoms with van der Waals surface area (Å²) in [5, 5.41) is 0. The molecule has 0 aliphatic rings. The number of hydrogen-bond acceptors (Lipinski definition) is 5. The lowest BCUT2D eigenvalue weighted by atomic mass is 10.1. The van der Waals surface area contributed by atoms with E-state index in [9.17, 15) is 21.6 Å². The van der Waals surface area contributed by atoms with Crippen LogP contribution in [0.4, 0.5) is 13.2 Å². The molecule has 1 aromatic heterocycles. The molecule has 10 heteroatoms. The molecule has 0 aliphatic heterocycles. The zero-order chi connectivity index (χ0) is 20.5. The Balaban J connectivity index is 1.72. The maximum Gasteiger partial charge on any atom is 0.416 e. The average molecular weight is 413 g/mol. The molecule has 3 rings (SSSR count). The summed E-state index contributed by atoms with van der Waals surface area (Å²) in [6, 6.07) is 9.55. The van der Waals surface area contributed by atoms with E-state index in [4.69, 9.17) is 13.7 Å². The summed E-state index contributed by atoms with van der Waals surface area (Å²) in [7, 11) is -4.29. The van der Waals surface area contributed by atoms with Crippen molar-refractivity contribution >= 4 is 10.1 Å². The van der Waals surface area contributed by atoms with Gasteiger partial charge >= 0.3 is 6.18 Å². The van der Waals surface area contributed by atoms with Gasteiger partial charge in [-0.2, -0.15) is 21.6 Å².